The minimum Gasteiger partial charge on any atom is -0.378 e. The number of fused-ring (bicyclic) bond motifs is 3. The summed E-state index contributed by atoms with van der Waals surface area (Å²) in [6.45, 7) is 7.26. The summed E-state index contributed by atoms with van der Waals surface area (Å²) in [7, 11) is 0. The van der Waals surface area contributed by atoms with Crippen LogP contribution in [0, 0.1) is 11.8 Å². The van der Waals surface area contributed by atoms with Crippen LogP contribution in [0.3, 0.4) is 0 Å². The van der Waals surface area contributed by atoms with Gasteiger partial charge in [0.2, 0.25) is 0 Å². The second-order valence-electron chi connectivity index (χ2n) is 7.92. The SMILES string of the molecule is CCN(CC)CC#CCCC1(C2(O)c3ccccc3-c3ccccc32)SCCCS1. The number of hydrogen-bond donors (Lipinski definition) is 1. The van der Waals surface area contributed by atoms with Gasteiger partial charge >= 0.3 is 0 Å². The molecule has 0 radical (unpaired) electrons. The largest absolute Gasteiger partial charge is 0.378 e. The van der Waals surface area contributed by atoms with Gasteiger partial charge < -0.3 is 5.11 Å². The second-order valence-corrected chi connectivity index (χ2v) is 11.0. The zero-order chi connectivity index (χ0) is 21.0. The van der Waals surface area contributed by atoms with Crippen LogP contribution in [-0.4, -0.2) is 45.2 Å². The molecular formula is C26H31NOS2. The van der Waals surface area contributed by atoms with E-state index in [9.17, 15) is 5.11 Å². The maximum Gasteiger partial charge on any atom is 0.140 e. The van der Waals surface area contributed by atoms with Crippen molar-refractivity contribution in [3.05, 3.63) is 59.7 Å². The van der Waals surface area contributed by atoms with Crippen LogP contribution in [0.2, 0.25) is 0 Å². The van der Waals surface area contributed by atoms with Crippen molar-refractivity contribution in [2.45, 2.75) is 42.8 Å². The molecule has 0 spiro atoms. The van der Waals surface area contributed by atoms with E-state index in [1.165, 1.54) is 17.5 Å². The van der Waals surface area contributed by atoms with Crippen LogP contribution < -0.4 is 0 Å². The third-order valence-corrected chi connectivity index (χ3v) is 9.96. The molecule has 0 bridgehead atoms. The summed E-state index contributed by atoms with van der Waals surface area (Å²) in [5.41, 5.74) is 3.48. The summed E-state index contributed by atoms with van der Waals surface area (Å²) in [5.74, 6) is 8.96. The molecule has 1 saturated heterocycles. The normalized spacial score (nSPS) is 18.4. The van der Waals surface area contributed by atoms with Gasteiger partial charge in [-0.1, -0.05) is 68.3 Å². The van der Waals surface area contributed by atoms with Crippen LogP contribution in [0.4, 0.5) is 0 Å². The molecule has 1 fully saturated rings. The van der Waals surface area contributed by atoms with Gasteiger partial charge in [-0.2, -0.15) is 0 Å². The lowest BCUT2D eigenvalue weighted by Crippen LogP contribution is -2.48. The van der Waals surface area contributed by atoms with Crippen molar-refractivity contribution in [2.24, 2.45) is 0 Å². The Kier molecular flexibility index (Phi) is 6.85. The first-order valence-electron chi connectivity index (χ1n) is 11.0. The fourth-order valence-electron chi connectivity index (χ4n) is 4.66. The Morgan fingerprint density at radius 1 is 0.900 bits per heavy atom. The standard InChI is InChI=1S/C26H31NOS2/c1-3-27(4-2)18-11-5-10-17-25(29-19-12-20-30-25)26(28)23-15-8-6-13-21(23)22-14-7-9-16-24(22)26/h6-9,13-16,28H,3-4,10,12,17-20H2,1-2H3. The fourth-order valence-corrected chi connectivity index (χ4v) is 8.26. The monoisotopic (exact) mass is 437 g/mol. The Balaban J connectivity index is 1.68. The van der Waals surface area contributed by atoms with Gasteiger partial charge in [0.15, 0.2) is 0 Å². The predicted octanol–water partition coefficient (Wildman–Crippen LogP) is 5.59. The number of rotatable bonds is 6. The second kappa shape index (κ2) is 9.40. The van der Waals surface area contributed by atoms with Crippen LogP contribution in [0.1, 0.15) is 44.2 Å². The number of aliphatic hydroxyl groups is 1. The summed E-state index contributed by atoms with van der Waals surface area (Å²) < 4.78 is -0.308. The van der Waals surface area contributed by atoms with Crippen molar-refractivity contribution in [3.63, 3.8) is 0 Å². The molecule has 1 aliphatic carbocycles. The van der Waals surface area contributed by atoms with E-state index in [2.05, 4.69) is 79.1 Å². The molecule has 2 aromatic rings. The maximum absolute atomic E-state index is 12.5. The van der Waals surface area contributed by atoms with Crippen molar-refractivity contribution in [2.75, 3.05) is 31.1 Å². The zero-order valence-corrected chi connectivity index (χ0v) is 19.6. The number of thioether (sulfide) groups is 2. The molecule has 2 aromatic carbocycles. The Morgan fingerprint density at radius 3 is 2.03 bits per heavy atom. The van der Waals surface area contributed by atoms with Crippen molar-refractivity contribution in [1.29, 1.82) is 0 Å². The first kappa shape index (κ1) is 21.8. The van der Waals surface area contributed by atoms with E-state index in [1.54, 1.807) is 0 Å². The zero-order valence-electron chi connectivity index (χ0n) is 18.0. The number of nitrogens with zero attached hydrogens (tertiary/aromatic N) is 1. The Labute approximate surface area is 189 Å². The van der Waals surface area contributed by atoms with E-state index in [0.717, 1.165) is 55.1 Å². The van der Waals surface area contributed by atoms with E-state index >= 15 is 0 Å². The van der Waals surface area contributed by atoms with Gasteiger partial charge in [-0.05, 0) is 59.7 Å². The Bertz CT molecular complexity index is 890. The molecule has 30 heavy (non-hydrogen) atoms. The van der Waals surface area contributed by atoms with E-state index in [-0.39, 0.29) is 4.08 Å². The minimum absolute atomic E-state index is 0.308. The van der Waals surface area contributed by atoms with Gasteiger partial charge in [0.05, 0.1) is 10.6 Å². The average molecular weight is 438 g/mol. The van der Waals surface area contributed by atoms with Gasteiger partial charge in [0.1, 0.15) is 5.60 Å². The van der Waals surface area contributed by atoms with Crippen molar-refractivity contribution in [1.82, 2.24) is 4.90 Å². The lowest BCUT2D eigenvalue weighted by atomic mass is 9.85. The molecule has 2 nitrogen and oxygen atoms in total. The van der Waals surface area contributed by atoms with E-state index in [0.29, 0.717) is 0 Å². The maximum atomic E-state index is 12.5. The molecule has 158 valence electrons. The average Bonchev–Trinajstić information content (AvgIpc) is 3.07. The topological polar surface area (TPSA) is 23.5 Å². The van der Waals surface area contributed by atoms with Crippen LogP contribution >= 0.6 is 23.5 Å². The molecule has 2 aliphatic rings. The highest BCUT2D eigenvalue weighted by atomic mass is 32.2. The Morgan fingerprint density at radius 2 is 1.47 bits per heavy atom. The molecule has 0 amide bonds. The molecular weight excluding hydrogens is 406 g/mol. The smallest absolute Gasteiger partial charge is 0.140 e. The first-order valence-corrected chi connectivity index (χ1v) is 13.0. The molecule has 4 heteroatoms. The first-order chi connectivity index (χ1) is 14.7. The third kappa shape index (κ3) is 3.71. The lowest BCUT2D eigenvalue weighted by molar-refractivity contribution is 0.0691. The van der Waals surface area contributed by atoms with Gasteiger partial charge in [0.25, 0.3) is 0 Å². The molecule has 0 unspecified atom stereocenters. The molecule has 0 saturated carbocycles. The van der Waals surface area contributed by atoms with Crippen LogP contribution in [-0.2, 0) is 5.60 Å². The van der Waals surface area contributed by atoms with E-state index in [1.807, 2.05) is 23.5 Å². The van der Waals surface area contributed by atoms with Crippen molar-refractivity contribution >= 4 is 23.5 Å². The molecule has 0 atom stereocenters. The molecule has 1 aliphatic heterocycles. The lowest BCUT2D eigenvalue weighted by Gasteiger charge is -2.47. The molecule has 1 N–H and O–H groups in total. The fraction of sp³-hybridized carbons (Fsp3) is 0.462. The number of hydrogen-bond acceptors (Lipinski definition) is 4. The van der Waals surface area contributed by atoms with Crippen LogP contribution in [0.25, 0.3) is 11.1 Å². The minimum atomic E-state index is -0.990. The van der Waals surface area contributed by atoms with E-state index in [4.69, 9.17) is 0 Å². The van der Waals surface area contributed by atoms with Gasteiger partial charge in [-0.25, -0.2) is 0 Å². The quantitative estimate of drug-likeness (QED) is 0.595. The highest BCUT2D eigenvalue weighted by molar-refractivity contribution is 8.18. The molecule has 1 heterocycles. The highest BCUT2D eigenvalue weighted by Gasteiger charge is 2.58. The Hall–Kier alpha value is -1.38. The molecule has 4 rings (SSSR count). The predicted molar refractivity (Wildman–Crippen MR) is 132 cm³/mol. The van der Waals surface area contributed by atoms with Gasteiger partial charge in [-0.3, -0.25) is 4.90 Å². The molecule has 0 aromatic heterocycles. The van der Waals surface area contributed by atoms with Crippen molar-refractivity contribution in [3.8, 4) is 23.0 Å². The third-order valence-electron chi connectivity index (χ3n) is 6.34. The summed E-state index contributed by atoms with van der Waals surface area (Å²) >= 11 is 3.88. The van der Waals surface area contributed by atoms with Gasteiger partial charge in [0, 0.05) is 6.42 Å². The van der Waals surface area contributed by atoms with Crippen LogP contribution in [0.5, 0.6) is 0 Å². The van der Waals surface area contributed by atoms with Crippen molar-refractivity contribution < 1.29 is 5.11 Å². The summed E-state index contributed by atoms with van der Waals surface area (Å²) in [5, 5.41) is 12.5. The summed E-state index contributed by atoms with van der Waals surface area (Å²) in [6, 6.07) is 16.8. The summed E-state index contributed by atoms with van der Waals surface area (Å²) in [6.07, 6.45) is 2.89. The van der Waals surface area contributed by atoms with E-state index < -0.39 is 5.60 Å². The van der Waals surface area contributed by atoms with Gasteiger partial charge in [-0.15, -0.1) is 29.4 Å². The number of benzene rings is 2. The van der Waals surface area contributed by atoms with Crippen LogP contribution in [0.15, 0.2) is 48.5 Å². The summed E-state index contributed by atoms with van der Waals surface area (Å²) in [4.78, 5) is 2.34. The highest BCUT2D eigenvalue weighted by Crippen LogP contribution is 2.63.